The summed E-state index contributed by atoms with van der Waals surface area (Å²) < 4.78 is 5.60. The van der Waals surface area contributed by atoms with Crippen LogP contribution in [0.2, 0.25) is 0 Å². The van der Waals surface area contributed by atoms with Crippen molar-refractivity contribution in [3.8, 4) is 0 Å². The first-order valence-electron chi connectivity index (χ1n) is 10.5. The van der Waals surface area contributed by atoms with Gasteiger partial charge in [-0.1, -0.05) is 17.7 Å². The largest absolute Gasteiger partial charge is 0.467 e. The molecule has 0 atom stereocenters. The highest BCUT2D eigenvalue weighted by molar-refractivity contribution is 7.80. The second kappa shape index (κ2) is 10.1. The Morgan fingerprint density at radius 1 is 1.11 bits per heavy atom. The predicted octanol–water partition coefficient (Wildman–Crippen LogP) is 3.86. The minimum atomic E-state index is 0.704. The third kappa shape index (κ3) is 5.82. The van der Waals surface area contributed by atoms with Crippen molar-refractivity contribution in [3.05, 3.63) is 53.0 Å². The molecule has 1 aromatic heterocycles. The maximum Gasteiger partial charge on any atom is 0.174 e. The maximum absolute atomic E-state index is 5.84. The molecule has 1 saturated heterocycles. The summed E-state index contributed by atoms with van der Waals surface area (Å²) in [4.78, 5) is 3.96. The van der Waals surface area contributed by atoms with Gasteiger partial charge in [-0.2, -0.15) is 0 Å². The monoisotopic (exact) mass is 400 g/mol. The number of nitrogens with zero attached hydrogens (tertiary/aromatic N) is 1. The molecular formula is C23H34N3OS+. The lowest BCUT2D eigenvalue weighted by Gasteiger charge is -2.28. The number of rotatable bonds is 6. The summed E-state index contributed by atoms with van der Waals surface area (Å²) in [6.07, 6.45) is 7.19. The van der Waals surface area contributed by atoms with Crippen LogP contribution in [0.3, 0.4) is 0 Å². The summed E-state index contributed by atoms with van der Waals surface area (Å²) in [6, 6.07) is 8.38. The van der Waals surface area contributed by atoms with Crippen LogP contribution in [0.1, 0.15) is 48.1 Å². The van der Waals surface area contributed by atoms with Crippen molar-refractivity contribution < 1.29 is 9.32 Å². The van der Waals surface area contributed by atoms with Crippen molar-refractivity contribution >= 4 is 23.0 Å². The number of aryl methyl sites for hydroxylation is 3. The molecule has 0 radical (unpaired) electrons. The fraction of sp³-hybridized carbons (Fsp3) is 0.522. The standard InChI is InChI=1S/C23H33N3OS/c1-18-15-19(2)22(20(3)16-18)24-23(28)26(17-21-9-8-14-27-21)13-12-25-10-6-4-5-7-11-25/h8-9,14-16H,4-7,10-13,17H2,1-3H3,(H,24,28)/p+1. The van der Waals surface area contributed by atoms with Gasteiger partial charge in [-0.3, -0.25) is 0 Å². The average Bonchev–Trinajstić information content (AvgIpc) is 3.02. The van der Waals surface area contributed by atoms with E-state index in [4.69, 9.17) is 16.6 Å². The molecule has 2 heterocycles. The van der Waals surface area contributed by atoms with Crippen LogP contribution in [0, 0.1) is 20.8 Å². The molecule has 1 fully saturated rings. The number of thiocarbonyl (C=S) groups is 1. The van der Waals surface area contributed by atoms with Gasteiger partial charge in [0.05, 0.1) is 39.0 Å². The van der Waals surface area contributed by atoms with Gasteiger partial charge in [-0.15, -0.1) is 0 Å². The van der Waals surface area contributed by atoms with Gasteiger partial charge in [0.15, 0.2) is 5.11 Å². The van der Waals surface area contributed by atoms with E-state index in [1.165, 1.54) is 55.5 Å². The van der Waals surface area contributed by atoms with Gasteiger partial charge in [0.2, 0.25) is 0 Å². The number of likely N-dealkylation sites (tertiary alicyclic amines) is 1. The molecule has 5 heteroatoms. The summed E-state index contributed by atoms with van der Waals surface area (Å²) in [5, 5.41) is 4.30. The normalized spacial score (nSPS) is 15.2. The van der Waals surface area contributed by atoms with Gasteiger partial charge in [-0.05, 0) is 81.9 Å². The van der Waals surface area contributed by atoms with E-state index in [0.717, 1.165) is 29.6 Å². The summed E-state index contributed by atoms with van der Waals surface area (Å²) in [5.41, 5.74) is 4.87. The smallest absolute Gasteiger partial charge is 0.174 e. The van der Waals surface area contributed by atoms with Crippen LogP contribution in [0.4, 0.5) is 5.69 Å². The first-order chi connectivity index (χ1) is 13.5. The Morgan fingerprint density at radius 3 is 2.39 bits per heavy atom. The summed E-state index contributed by atoms with van der Waals surface area (Å²) in [5.74, 6) is 0.951. The Hall–Kier alpha value is -1.85. The molecule has 2 N–H and O–H groups in total. The molecule has 28 heavy (non-hydrogen) atoms. The van der Waals surface area contributed by atoms with Gasteiger partial charge in [0, 0.05) is 5.69 Å². The van der Waals surface area contributed by atoms with Crippen LogP contribution in [0.15, 0.2) is 34.9 Å². The van der Waals surface area contributed by atoms with Crippen LogP contribution >= 0.6 is 12.2 Å². The molecule has 0 aliphatic carbocycles. The predicted molar refractivity (Wildman–Crippen MR) is 120 cm³/mol. The van der Waals surface area contributed by atoms with E-state index in [1.54, 1.807) is 11.2 Å². The van der Waals surface area contributed by atoms with Crippen molar-refractivity contribution in [2.24, 2.45) is 0 Å². The van der Waals surface area contributed by atoms with E-state index < -0.39 is 0 Å². The van der Waals surface area contributed by atoms with Crippen molar-refractivity contribution in [1.29, 1.82) is 0 Å². The number of furan rings is 1. The van der Waals surface area contributed by atoms with Gasteiger partial charge in [0.25, 0.3) is 0 Å². The van der Waals surface area contributed by atoms with Gasteiger partial charge in [0.1, 0.15) is 5.76 Å². The molecule has 152 valence electrons. The van der Waals surface area contributed by atoms with Crippen molar-refractivity contribution in [2.75, 3.05) is 31.5 Å². The van der Waals surface area contributed by atoms with Crippen LogP contribution in [0.5, 0.6) is 0 Å². The molecule has 1 aliphatic rings. The van der Waals surface area contributed by atoms with Crippen molar-refractivity contribution in [2.45, 2.75) is 53.0 Å². The lowest BCUT2D eigenvalue weighted by atomic mass is 10.1. The zero-order chi connectivity index (χ0) is 19.9. The zero-order valence-electron chi connectivity index (χ0n) is 17.5. The molecular weight excluding hydrogens is 366 g/mol. The Balaban J connectivity index is 1.69. The van der Waals surface area contributed by atoms with E-state index in [9.17, 15) is 0 Å². The SMILES string of the molecule is Cc1cc(C)c(NC(=S)N(CC[NH+]2CCCCCC2)Cc2ccco2)c(C)c1. The zero-order valence-corrected chi connectivity index (χ0v) is 18.3. The number of benzene rings is 1. The van der Waals surface area contributed by atoms with Gasteiger partial charge < -0.3 is 19.5 Å². The third-order valence-electron chi connectivity index (χ3n) is 5.67. The molecule has 0 amide bonds. The fourth-order valence-corrected chi connectivity index (χ4v) is 4.44. The van der Waals surface area contributed by atoms with Gasteiger partial charge >= 0.3 is 0 Å². The summed E-state index contributed by atoms with van der Waals surface area (Å²) in [7, 11) is 0. The quantitative estimate of drug-likeness (QED) is 0.722. The summed E-state index contributed by atoms with van der Waals surface area (Å²) in [6.45, 7) is 11.7. The topological polar surface area (TPSA) is 32.9 Å². The Labute approximate surface area is 174 Å². The lowest BCUT2D eigenvalue weighted by molar-refractivity contribution is -0.898. The van der Waals surface area contributed by atoms with E-state index in [1.807, 2.05) is 12.1 Å². The highest BCUT2D eigenvalue weighted by atomic mass is 32.1. The molecule has 0 spiro atoms. The number of nitrogens with one attached hydrogen (secondary N) is 2. The molecule has 0 bridgehead atoms. The van der Waals surface area contributed by atoms with E-state index in [-0.39, 0.29) is 0 Å². The summed E-state index contributed by atoms with van der Waals surface area (Å²) >= 11 is 5.84. The second-order valence-electron chi connectivity index (χ2n) is 8.12. The van der Waals surface area contributed by atoms with Crippen LogP contribution in [-0.4, -0.2) is 36.2 Å². The molecule has 3 rings (SSSR count). The molecule has 0 unspecified atom stereocenters. The minimum Gasteiger partial charge on any atom is -0.467 e. The molecule has 0 saturated carbocycles. The van der Waals surface area contributed by atoms with E-state index in [0.29, 0.717) is 6.54 Å². The highest BCUT2D eigenvalue weighted by Crippen LogP contribution is 2.22. The lowest BCUT2D eigenvalue weighted by Crippen LogP contribution is -3.12. The van der Waals surface area contributed by atoms with E-state index >= 15 is 0 Å². The van der Waals surface area contributed by atoms with Gasteiger partial charge in [-0.25, -0.2) is 0 Å². The fourth-order valence-electron chi connectivity index (χ4n) is 4.18. The highest BCUT2D eigenvalue weighted by Gasteiger charge is 2.18. The Morgan fingerprint density at radius 2 is 1.79 bits per heavy atom. The first kappa shape index (κ1) is 20.9. The number of hydrogen-bond donors (Lipinski definition) is 2. The van der Waals surface area contributed by atoms with Crippen LogP contribution in [-0.2, 0) is 6.54 Å². The number of anilines is 1. The van der Waals surface area contributed by atoms with Crippen molar-refractivity contribution in [3.63, 3.8) is 0 Å². The Bertz CT molecular complexity index is 741. The Kier molecular flexibility index (Phi) is 7.51. The average molecular weight is 401 g/mol. The minimum absolute atomic E-state index is 0.704. The van der Waals surface area contributed by atoms with E-state index in [2.05, 4.69) is 43.1 Å². The van der Waals surface area contributed by atoms with Crippen LogP contribution < -0.4 is 10.2 Å². The number of hydrogen-bond acceptors (Lipinski definition) is 2. The molecule has 2 aromatic rings. The third-order valence-corrected chi connectivity index (χ3v) is 6.03. The van der Waals surface area contributed by atoms with Crippen LogP contribution in [0.25, 0.3) is 0 Å². The molecule has 1 aromatic carbocycles. The molecule has 1 aliphatic heterocycles. The first-order valence-corrected chi connectivity index (χ1v) is 10.9. The van der Waals surface area contributed by atoms with Crippen molar-refractivity contribution in [1.82, 2.24) is 4.90 Å². The number of quaternary nitrogens is 1. The second-order valence-corrected chi connectivity index (χ2v) is 8.51. The maximum atomic E-state index is 5.84. The molecule has 4 nitrogen and oxygen atoms in total.